The van der Waals surface area contributed by atoms with Crippen LogP contribution in [0.2, 0.25) is 0 Å². The van der Waals surface area contributed by atoms with Crippen molar-refractivity contribution in [1.82, 2.24) is 15.0 Å². The smallest absolute Gasteiger partial charge is 0.322 e. The van der Waals surface area contributed by atoms with E-state index >= 15 is 0 Å². The zero-order valence-electron chi connectivity index (χ0n) is 14.5. The largest absolute Gasteiger partial charge is 0.340 e. The second-order valence-corrected chi connectivity index (χ2v) is 6.48. The number of amides is 2. The first kappa shape index (κ1) is 16.5. The summed E-state index contributed by atoms with van der Waals surface area (Å²) < 4.78 is 5.12. The molecule has 0 bridgehead atoms. The van der Waals surface area contributed by atoms with E-state index < -0.39 is 0 Å². The molecular weight excluding hydrogens is 304 g/mol. The third-order valence-electron chi connectivity index (χ3n) is 4.49. The predicted octanol–water partition coefficient (Wildman–Crippen LogP) is 4.14. The van der Waals surface area contributed by atoms with Crippen LogP contribution in [0.3, 0.4) is 0 Å². The minimum absolute atomic E-state index is 0.0990. The fraction of sp³-hybridized carbons (Fsp3) is 0.500. The Hall–Kier alpha value is -2.37. The van der Waals surface area contributed by atoms with Crippen molar-refractivity contribution < 1.29 is 9.32 Å². The van der Waals surface area contributed by atoms with Gasteiger partial charge in [-0.05, 0) is 43.9 Å². The van der Waals surface area contributed by atoms with Crippen LogP contribution in [0.25, 0.3) is 0 Å². The van der Waals surface area contributed by atoms with Gasteiger partial charge in [0.05, 0.1) is 6.04 Å². The maximum absolute atomic E-state index is 12.9. The molecule has 0 radical (unpaired) electrons. The Kier molecular flexibility index (Phi) is 4.83. The Labute approximate surface area is 142 Å². The maximum atomic E-state index is 12.9. The zero-order valence-corrected chi connectivity index (χ0v) is 14.5. The van der Waals surface area contributed by atoms with Gasteiger partial charge in [-0.15, -0.1) is 0 Å². The normalized spacial score (nSPS) is 18.3. The van der Waals surface area contributed by atoms with Crippen LogP contribution >= 0.6 is 0 Å². The number of carbonyl (C=O) groups is 1. The van der Waals surface area contributed by atoms with Crippen LogP contribution in [0.1, 0.15) is 54.6 Å². The summed E-state index contributed by atoms with van der Waals surface area (Å²) in [6.07, 6.45) is 4.03. The number of hydrogen-bond donors (Lipinski definition) is 1. The second-order valence-electron chi connectivity index (χ2n) is 6.48. The first-order chi connectivity index (χ1) is 11.5. The molecule has 0 unspecified atom stereocenters. The molecule has 1 N–H and O–H groups in total. The zero-order chi connectivity index (χ0) is 17.1. The molecule has 3 rings (SSSR count). The first-order valence-corrected chi connectivity index (χ1v) is 8.49. The van der Waals surface area contributed by atoms with E-state index in [0.29, 0.717) is 18.3 Å². The average Bonchev–Trinajstić information content (AvgIpc) is 2.83. The number of aromatic nitrogens is 2. The van der Waals surface area contributed by atoms with Crippen LogP contribution in [0.4, 0.5) is 10.5 Å². The highest BCUT2D eigenvalue weighted by atomic mass is 16.5. The molecule has 6 nitrogen and oxygen atoms in total. The molecule has 0 saturated carbocycles. The van der Waals surface area contributed by atoms with E-state index in [2.05, 4.69) is 15.5 Å². The summed E-state index contributed by atoms with van der Waals surface area (Å²) in [5.41, 5.74) is 3.03. The minimum atomic E-state index is -0.130. The molecular formula is C18H24N4O2. The van der Waals surface area contributed by atoms with Gasteiger partial charge in [-0.3, -0.25) is 0 Å². The van der Waals surface area contributed by atoms with Gasteiger partial charge in [-0.1, -0.05) is 30.1 Å². The van der Waals surface area contributed by atoms with Gasteiger partial charge < -0.3 is 14.7 Å². The number of likely N-dealkylation sites (tertiary alicyclic amines) is 1. The topological polar surface area (TPSA) is 71.3 Å². The molecule has 1 aromatic carbocycles. The van der Waals surface area contributed by atoms with Crippen molar-refractivity contribution in [1.29, 1.82) is 0 Å². The summed E-state index contributed by atoms with van der Waals surface area (Å²) in [7, 11) is 0. The van der Waals surface area contributed by atoms with Crippen molar-refractivity contribution in [3.63, 3.8) is 0 Å². The number of aryl methyl sites for hydroxylation is 3. The van der Waals surface area contributed by atoms with Crippen LogP contribution in [-0.2, 0) is 0 Å². The Morgan fingerprint density at radius 3 is 2.83 bits per heavy atom. The molecule has 0 spiro atoms. The van der Waals surface area contributed by atoms with Gasteiger partial charge in [-0.25, -0.2) is 4.79 Å². The van der Waals surface area contributed by atoms with Gasteiger partial charge in [0.15, 0.2) is 5.82 Å². The van der Waals surface area contributed by atoms with Crippen molar-refractivity contribution in [2.75, 3.05) is 11.9 Å². The van der Waals surface area contributed by atoms with E-state index in [0.717, 1.165) is 42.5 Å². The van der Waals surface area contributed by atoms with Crippen LogP contribution in [0.15, 0.2) is 22.7 Å². The molecule has 0 aliphatic carbocycles. The molecule has 1 aromatic heterocycles. The molecule has 1 atom stereocenters. The van der Waals surface area contributed by atoms with E-state index in [-0.39, 0.29) is 12.1 Å². The van der Waals surface area contributed by atoms with Gasteiger partial charge in [0, 0.05) is 19.2 Å². The Bertz CT molecular complexity index is 726. The van der Waals surface area contributed by atoms with Crippen LogP contribution in [0.5, 0.6) is 0 Å². The second kappa shape index (κ2) is 7.03. The lowest BCUT2D eigenvalue weighted by Gasteiger charge is -2.28. The monoisotopic (exact) mass is 328 g/mol. The number of hydrogen-bond acceptors (Lipinski definition) is 4. The fourth-order valence-corrected chi connectivity index (χ4v) is 3.13. The van der Waals surface area contributed by atoms with Gasteiger partial charge in [0.2, 0.25) is 5.89 Å². The predicted molar refractivity (Wildman–Crippen MR) is 91.9 cm³/mol. The first-order valence-electron chi connectivity index (χ1n) is 8.49. The maximum Gasteiger partial charge on any atom is 0.322 e. The fourth-order valence-electron chi connectivity index (χ4n) is 3.13. The molecule has 2 heterocycles. The number of rotatable bonds is 2. The Balaban J connectivity index is 1.83. The van der Waals surface area contributed by atoms with Crippen molar-refractivity contribution in [3.8, 4) is 0 Å². The van der Waals surface area contributed by atoms with Crippen molar-refractivity contribution in [2.45, 2.75) is 52.5 Å². The summed E-state index contributed by atoms with van der Waals surface area (Å²) in [5, 5.41) is 7.10. The standard InChI is InChI=1S/C18H24N4O2/c1-12-8-9-13(2)15(11-12)20-18(23)22-10-6-4-5-7-16(22)17-19-14(3)24-21-17/h8-9,11,16H,4-7,10H2,1-3H3,(H,20,23)/t16-/m0/s1. The number of anilines is 1. The average molecular weight is 328 g/mol. The molecule has 24 heavy (non-hydrogen) atoms. The highest BCUT2D eigenvalue weighted by Gasteiger charge is 2.30. The lowest BCUT2D eigenvalue weighted by atomic mass is 10.1. The number of urea groups is 1. The summed E-state index contributed by atoms with van der Waals surface area (Å²) in [5.74, 6) is 1.13. The number of benzene rings is 1. The quantitative estimate of drug-likeness (QED) is 0.899. The molecule has 6 heteroatoms. The molecule has 2 aromatic rings. The lowest BCUT2D eigenvalue weighted by molar-refractivity contribution is 0.184. The third-order valence-corrected chi connectivity index (χ3v) is 4.49. The number of nitrogens with zero attached hydrogens (tertiary/aromatic N) is 3. The summed E-state index contributed by atoms with van der Waals surface area (Å²) in [4.78, 5) is 19.1. The molecule has 1 aliphatic heterocycles. The molecule has 1 aliphatic rings. The van der Waals surface area contributed by atoms with Gasteiger partial charge in [0.1, 0.15) is 0 Å². The van der Waals surface area contributed by atoms with Crippen molar-refractivity contribution in [2.24, 2.45) is 0 Å². The Morgan fingerprint density at radius 1 is 1.25 bits per heavy atom. The number of nitrogens with one attached hydrogen (secondary N) is 1. The van der Waals surface area contributed by atoms with E-state index in [1.54, 1.807) is 6.92 Å². The highest BCUT2D eigenvalue weighted by Crippen LogP contribution is 2.29. The van der Waals surface area contributed by atoms with Crippen molar-refractivity contribution >= 4 is 11.7 Å². The van der Waals surface area contributed by atoms with Crippen LogP contribution in [-0.4, -0.2) is 27.6 Å². The minimum Gasteiger partial charge on any atom is -0.340 e. The SMILES string of the molecule is Cc1ccc(C)c(NC(=O)N2CCCCC[C@H]2c2noc(C)n2)c1. The van der Waals surface area contributed by atoms with E-state index in [9.17, 15) is 4.79 Å². The lowest BCUT2D eigenvalue weighted by Crippen LogP contribution is -2.38. The van der Waals surface area contributed by atoms with Crippen molar-refractivity contribution in [3.05, 3.63) is 41.0 Å². The van der Waals surface area contributed by atoms with Crippen LogP contribution < -0.4 is 5.32 Å². The number of carbonyl (C=O) groups excluding carboxylic acids is 1. The Morgan fingerprint density at radius 2 is 2.08 bits per heavy atom. The van der Waals surface area contributed by atoms with Gasteiger partial charge in [0.25, 0.3) is 0 Å². The van der Waals surface area contributed by atoms with E-state index in [4.69, 9.17) is 4.52 Å². The summed E-state index contributed by atoms with van der Waals surface area (Å²) >= 11 is 0. The molecule has 1 saturated heterocycles. The van der Waals surface area contributed by atoms with E-state index in [1.165, 1.54) is 0 Å². The van der Waals surface area contributed by atoms with Gasteiger partial charge in [-0.2, -0.15) is 4.98 Å². The highest BCUT2D eigenvalue weighted by molar-refractivity contribution is 5.90. The molecule has 128 valence electrons. The summed E-state index contributed by atoms with van der Waals surface area (Å²) in [6.45, 7) is 6.49. The van der Waals surface area contributed by atoms with Crippen LogP contribution in [0, 0.1) is 20.8 Å². The van der Waals surface area contributed by atoms with E-state index in [1.807, 2.05) is 36.9 Å². The molecule has 1 fully saturated rings. The summed E-state index contributed by atoms with van der Waals surface area (Å²) in [6, 6.07) is 5.83. The molecule has 2 amide bonds. The van der Waals surface area contributed by atoms with Gasteiger partial charge >= 0.3 is 6.03 Å². The third kappa shape index (κ3) is 3.58.